The maximum absolute atomic E-state index is 13.4. The van der Waals surface area contributed by atoms with Gasteiger partial charge in [0.05, 0.1) is 18.5 Å². The lowest BCUT2D eigenvalue weighted by molar-refractivity contribution is 0.0527. The molecule has 3 aromatic heterocycles. The number of carbonyl (C=O) groups excluding carboxylic acids is 1. The van der Waals surface area contributed by atoms with Crippen LogP contribution in [0, 0.1) is 19.7 Å². The van der Waals surface area contributed by atoms with E-state index in [1.807, 2.05) is 13.8 Å². The van der Waals surface area contributed by atoms with Crippen LogP contribution in [0.2, 0.25) is 0 Å². The number of aryl methyl sites for hydroxylation is 2. The minimum absolute atomic E-state index is 0.145. The number of fused-ring (bicyclic) bond motifs is 1. The quantitative estimate of drug-likeness (QED) is 0.534. The standard InChI is InChI=1S/C20H19FN6O2/c1-4-29-20(28)15-10-23-26(18(15)22)16-9-11(2)24-19-17(12(3)25-27(16)19)13-5-7-14(21)8-6-13/h5-10H,4,22H2,1-3H3. The smallest absolute Gasteiger partial charge is 0.343 e. The van der Waals surface area contributed by atoms with E-state index in [2.05, 4.69) is 15.2 Å². The Labute approximate surface area is 165 Å². The third kappa shape index (κ3) is 3.10. The summed E-state index contributed by atoms with van der Waals surface area (Å²) in [5.41, 5.74) is 9.94. The molecule has 9 heteroatoms. The average Bonchev–Trinajstić information content (AvgIpc) is 3.22. The zero-order valence-corrected chi connectivity index (χ0v) is 16.2. The number of nitrogen functional groups attached to an aromatic ring is 1. The molecule has 0 radical (unpaired) electrons. The SMILES string of the molecule is CCOC(=O)c1cnn(-c2cc(C)nc3c(-c4ccc(F)cc4)c(C)nn23)c1N. The van der Waals surface area contributed by atoms with Gasteiger partial charge in [0.1, 0.15) is 17.2 Å². The molecule has 0 fully saturated rings. The molecule has 0 unspecified atom stereocenters. The van der Waals surface area contributed by atoms with Crippen molar-refractivity contribution in [2.75, 3.05) is 12.3 Å². The maximum atomic E-state index is 13.4. The van der Waals surface area contributed by atoms with Crippen LogP contribution in [0.1, 0.15) is 28.7 Å². The molecule has 0 saturated carbocycles. The monoisotopic (exact) mass is 394 g/mol. The lowest BCUT2D eigenvalue weighted by atomic mass is 10.1. The Kier molecular flexibility index (Phi) is 4.50. The van der Waals surface area contributed by atoms with Crippen molar-refractivity contribution in [3.63, 3.8) is 0 Å². The highest BCUT2D eigenvalue weighted by Gasteiger charge is 2.21. The Hall–Kier alpha value is -3.75. The number of benzene rings is 1. The van der Waals surface area contributed by atoms with Gasteiger partial charge in [-0.25, -0.2) is 14.2 Å². The average molecular weight is 394 g/mol. The minimum atomic E-state index is -0.540. The third-order valence-corrected chi connectivity index (χ3v) is 4.52. The van der Waals surface area contributed by atoms with Crippen molar-refractivity contribution < 1.29 is 13.9 Å². The first-order valence-corrected chi connectivity index (χ1v) is 9.04. The molecule has 0 bridgehead atoms. The Balaban J connectivity index is 1.93. The predicted molar refractivity (Wildman–Crippen MR) is 105 cm³/mol. The Morgan fingerprint density at radius 2 is 1.97 bits per heavy atom. The van der Waals surface area contributed by atoms with Crippen LogP contribution in [0.4, 0.5) is 10.2 Å². The van der Waals surface area contributed by atoms with Crippen LogP contribution in [0.15, 0.2) is 36.5 Å². The van der Waals surface area contributed by atoms with Crippen LogP contribution in [0.5, 0.6) is 0 Å². The van der Waals surface area contributed by atoms with Crippen LogP contribution in [-0.4, -0.2) is 37.0 Å². The molecule has 3 heterocycles. The summed E-state index contributed by atoms with van der Waals surface area (Å²) in [6.45, 7) is 5.65. The second-order valence-electron chi connectivity index (χ2n) is 6.53. The number of hydrogen-bond acceptors (Lipinski definition) is 6. The van der Waals surface area contributed by atoms with Crippen molar-refractivity contribution in [3.8, 4) is 16.9 Å². The zero-order chi connectivity index (χ0) is 20.7. The van der Waals surface area contributed by atoms with Gasteiger partial charge in [-0.3, -0.25) is 0 Å². The minimum Gasteiger partial charge on any atom is -0.462 e. The molecule has 0 amide bonds. The number of aromatic nitrogens is 5. The van der Waals surface area contributed by atoms with Crippen molar-refractivity contribution in [1.82, 2.24) is 24.4 Å². The Morgan fingerprint density at radius 1 is 1.24 bits per heavy atom. The van der Waals surface area contributed by atoms with Crippen molar-refractivity contribution in [2.45, 2.75) is 20.8 Å². The summed E-state index contributed by atoms with van der Waals surface area (Å²) in [5.74, 6) is -0.186. The van der Waals surface area contributed by atoms with E-state index in [-0.39, 0.29) is 23.8 Å². The van der Waals surface area contributed by atoms with E-state index in [4.69, 9.17) is 10.5 Å². The van der Waals surface area contributed by atoms with Crippen molar-refractivity contribution in [3.05, 3.63) is 59.3 Å². The first-order chi connectivity index (χ1) is 13.9. The molecule has 148 valence electrons. The fourth-order valence-electron chi connectivity index (χ4n) is 3.24. The van der Waals surface area contributed by atoms with Crippen LogP contribution in [0.25, 0.3) is 22.6 Å². The number of nitrogens with two attached hydrogens (primary N) is 1. The second-order valence-corrected chi connectivity index (χ2v) is 6.53. The largest absolute Gasteiger partial charge is 0.462 e. The van der Waals surface area contributed by atoms with E-state index in [0.717, 1.165) is 11.1 Å². The van der Waals surface area contributed by atoms with E-state index < -0.39 is 5.97 Å². The maximum Gasteiger partial charge on any atom is 0.343 e. The molecule has 0 spiro atoms. The molecule has 0 atom stereocenters. The molecule has 4 aromatic rings. The predicted octanol–water partition coefficient (Wildman–Crippen LogP) is 3.10. The number of hydrogen-bond donors (Lipinski definition) is 1. The van der Waals surface area contributed by atoms with E-state index in [9.17, 15) is 9.18 Å². The van der Waals surface area contributed by atoms with Gasteiger partial charge in [-0.05, 0) is 38.5 Å². The zero-order valence-electron chi connectivity index (χ0n) is 16.2. The van der Waals surface area contributed by atoms with Crippen molar-refractivity contribution in [2.24, 2.45) is 0 Å². The number of esters is 1. The molecule has 4 rings (SSSR count). The fraction of sp³-hybridized carbons (Fsp3) is 0.200. The summed E-state index contributed by atoms with van der Waals surface area (Å²) in [6.07, 6.45) is 1.37. The molecule has 2 N–H and O–H groups in total. The molecule has 0 aliphatic carbocycles. The van der Waals surface area contributed by atoms with Crippen molar-refractivity contribution >= 4 is 17.4 Å². The molecular weight excluding hydrogens is 375 g/mol. The summed E-state index contributed by atoms with van der Waals surface area (Å²) in [7, 11) is 0. The molecular formula is C20H19FN6O2. The topological polar surface area (TPSA) is 100 Å². The molecule has 29 heavy (non-hydrogen) atoms. The number of carbonyl (C=O) groups is 1. The third-order valence-electron chi connectivity index (χ3n) is 4.52. The van der Waals surface area contributed by atoms with E-state index in [1.165, 1.54) is 23.0 Å². The molecule has 0 saturated heterocycles. The Bertz CT molecular complexity index is 1230. The first-order valence-electron chi connectivity index (χ1n) is 9.04. The summed E-state index contributed by atoms with van der Waals surface area (Å²) >= 11 is 0. The highest BCUT2D eigenvalue weighted by atomic mass is 19.1. The molecule has 8 nitrogen and oxygen atoms in total. The number of ether oxygens (including phenoxy) is 1. The number of anilines is 1. The second kappa shape index (κ2) is 7.01. The highest BCUT2D eigenvalue weighted by molar-refractivity contribution is 5.94. The van der Waals surface area contributed by atoms with Gasteiger partial charge in [0.2, 0.25) is 0 Å². The first kappa shape index (κ1) is 18.6. The number of nitrogens with zero attached hydrogens (tertiary/aromatic N) is 5. The van der Waals surface area contributed by atoms with Gasteiger partial charge >= 0.3 is 5.97 Å². The van der Waals surface area contributed by atoms with E-state index >= 15 is 0 Å². The van der Waals surface area contributed by atoms with Crippen LogP contribution in [-0.2, 0) is 4.74 Å². The Morgan fingerprint density at radius 3 is 2.66 bits per heavy atom. The van der Waals surface area contributed by atoms with Gasteiger partial charge in [-0.15, -0.1) is 0 Å². The lowest BCUT2D eigenvalue weighted by Gasteiger charge is -2.09. The molecule has 1 aromatic carbocycles. The summed E-state index contributed by atoms with van der Waals surface area (Å²) in [4.78, 5) is 16.7. The van der Waals surface area contributed by atoms with Gasteiger partial charge in [0.25, 0.3) is 0 Å². The van der Waals surface area contributed by atoms with Gasteiger partial charge in [-0.2, -0.15) is 19.4 Å². The van der Waals surface area contributed by atoms with Gasteiger partial charge in [-0.1, -0.05) is 12.1 Å². The molecule has 0 aliphatic heterocycles. The van der Waals surface area contributed by atoms with Gasteiger partial charge in [0, 0.05) is 17.3 Å². The summed E-state index contributed by atoms with van der Waals surface area (Å²) < 4.78 is 21.4. The normalized spacial score (nSPS) is 11.2. The fourth-order valence-corrected chi connectivity index (χ4v) is 3.24. The van der Waals surface area contributed by atoms with E-state index in [1.54, 1.807) is 29.6 Å². The molecule has 0 aliphatic rings. The number of halogens is 1. The van der Waals surface area contributed by atoms with Crippen molar-refractivity contribution in [1.29, 1.82) is 0 Å². The van der Waals surface area contributed by atoms with Crippen LogP contribution >= 0.6 is 0 Å². The van der Waals surface area contributed by atoms with Crippen LogP contribution < -0.4 is 5.73 Å². The van der Waals surface area contributed by atoms with Gasteiger partial charge in [0.15, 0.2) is 11.5 Å². The highest BCUT2D eigenvalue weighted by Crippen LogP contribution is 2.29. The lowest BCUT2D eigenvalue weighted by Crippen LogP contribution is -2.12. The number of rotatable bonds is 4. The van der Waals surface area contributed by atoms with Gasteiger partial charge < -0.3 is 10.5 Å². The summed E-state index contributed by atoms with van der Waals surface area (Å²) in [5, 5.41) is 8.85. The summed E-state index contributed by atoms with van der Waals surface area (Å²) in [6, 6.07) is 7.93. The van der Waals surface area contributed by atoms with E-state index in [0.29, 0.717) is 22.9 Å². The van der Waals surface area contributed by atoms with Crippen LogP contribution in [0.3, 0.4) is 0 Å².